The lowest BCUT2D eigenvalue weighted by atomic mass is 9.98. The number of nitrogens with two attached hydrogens (primary N) is 1. The molecule has 2 rings (SSSR count). The van der Waals surface area contributed by atoms with Crippen LogP contribution in [0.1, 0.15) is 30.9 Å². The van der Waals surface area contributed by atoms with Gasteiger partial charge in [0.2, 0.25) is 0 Å². The lowest BCUT2D eigenvalue weighted by Crippen LogP contribution is -2.33. The van der Waals surface area contributed by atoms with Gasteiger partial charge < -0.3 is 10.6 Å². The van der Waals surface area contributed by atoms with Crippen LogP contribution in [-0.2, 0) is 6.54 Å². The van der Waals surface area contributed by atoms with E-state index >= 15 is 0 Å². The van der Waals surface area contributed by atoms with Crippen molar-refractivity contribution in [2.45, 2.75) is 33.2 Å². The van der Waals surface area contributed by atoms with Gasteiger partial charge in [-0.05, 0) is 42.9 Å². The zero-order chi connectivity index (χ0) is 11.5. The van der Waals surface area contributed by atoms with Crippen molar-refractivity contribution in [1.29, 1.82) is 0 Å². The molecule has 2 N–H and O–H groups in total. The predicted octanol–water partition coefficient (Wildman–Crippen LogP) is 2.69. The lowest BCUT2D eigenvalue weighted by Gasteiger charge is -2.33. The molecule has 0 saturated carbocycles. The van der Waals surface area contributed by atoms with E-state index in [4.69, 9.17) is 5.73 Å². The average molecular weight is 218 g/mol. The summed E-state index contributed by atoms with van der Waals surface area (Å²) in [6.07, 6.45) is 2.64. The van der Waals surface area contributed by atoms with E-state index in [0.717, 1.165) is 5.92 Å². The summed E-state index contributed by atoms with van der Waals surface area (Å²) in [5.41, 5.74) is 9.63. The van der Waals surface area contributed by atoms with Crippen molar-refractivity contribution in [2.75, 3.05) is 18.0 Å². The third-order valence-electron chi connectivity index (χ3n) is 3.62. The summed E-state index contributed by atoms with van der Waals surface area (Å²) in [4.78, 5) is 2.51. The Bertz CT molecular complexity index is 352. The minimum absolute atomic E-state index is 0.637. The molecule has 0 aliphatic carbocycles. The molecular weight excluding hydrogens is 196 g/mol. The van der Waals surface area contributed by atoms with E-state index in [-0.39, 0.29) is 0 Å². The summed E-state index contributed by atoms with van der Waals surface area (Å²) >= 11 is 0. The summed E-state index contributed by atoms with van der Waals surface area (Å²) in [7, 11) is 0. The third kappa shape index (κ3) is 2.38. The summed E-state index contributed by atoms with van der Waals surface area (Å²) in [5, 5.41) is 0. The first kappa shape index (κ1) is 11.5. The number of piperidine rings is 1. The van der Waals surface area contributed by atoms with Crippen LogP contribution in [-0.4, -0.2) is 13.1 Å². The Morgan fingerprint density at radius 1 is 1.31 bits per heavy atom. The van der Waals surface area contributed by atoms with Crippen LogP contribution in [0.3, 0.4) is 0 Å². The monoisotopic (exact) mass is 218 g/mol. The van der Waals surface area contributed by atoms with Crippen molar-refractivity contribution in [3.63, 3.8) is 0 Å². The van der Waals surface area contributed by atoms with Crippen LogP contribution in [0, 0.1) is 12.8 Å². The molecule has 0 amide bonds. The van der Waals surface area contributed by atoms with Crippen molar-refractivity contribution in [1.82, 2.24) is 0 Å². The van der Waals surface area contributed by atoms with E-state index in [1.165, 1.54) is 42.7 Å². The van der Waals surface area contributed by atoms with Gasteiger partial charge in [0.25, 0.3) is 0 Å². The van der Waals surface area contributed by atoms with Crippen LogP contribution in [0.5, 0.6) is 0 Å². The molecule has 0 unspecified atom stereocenters. The minimum Gasteiger partial charge on any atom is -0.371 e. The van der Waals surface area contributed by atoms with Crippen molar-refractivity contribution in [3.8, 4) is 0 Å². The molecule has 0 atom stereocenters. The highest BCUT2D eigenvalue weighted by Crippen LogP contribution is 2.26. The smallest absolute Gasteiger partial charge is 0.0396 e. The van der Waals surface area contributed by atoms with E-state index in [0.29, 0.717) is 6.54 Å². The van der Waals surface area contributed by atoms with E-state index < -0.39 is 0 Å². The second-order valence-corrected chi connectivity index (χ2v) is 4.99. The molecule has 2 nitrogen and oxygen atoms in total. The van der Waals surface area contributed by atoms with Gasteiger partial charge in [-0.25, -0.2) is 0 Å². The molecule has 0 bridgehead atoms. The van der Waals surface area contributed by atoms with E-state index in [1.807, 2.05) is 0 Å². The fourth-order valence-corrected chi connectivity index (χ4v) is 2.45. The van der Waals surface area contributed by atoms with Gasteiger partial charge in [-0.3, -0.25) is 0 Å². The standard InChI is InChI=1S/C14H22N2/c1-11-5-7-16(8-6-11)14-4-3-13(10-15)9-12(14)2/h3-4,9,11H,5-8,10,15H2,1-2H3. The molecule has 1 saturated heterocycles. The lowest BCUT2D eigenvalue weighted by molar-refractivity contribution is 0.438. The maximum absolute atomic E-state index is 5.65. The van der Waals surface area contributed by atoms with Gasteiger partial charge in [0.1, 0.15) is 0 Å². The van der Waals surface area contributed by atoms with Crippen molar-refractivity contribution in [3.05, 3.63) is 29.3 Å². The first-order chi connectivity index (χ1) is 7.70. The Morgan fingerprint density at radius 3 is 2.56 bits per heavy atom. The number of aryl methyl sites for hydroxylation is 1. The third-order valence-corrected chi connectivity index (χ3v) is 3.62. The Labute approximate surface area is 98.4 Å². The Balaban J connectivity index is 2.14. The fourth-order valence-electron chi connectivity index (χ4n) is 2.45. The van der Waals surface area contributed by atoms with Gasteiger partial charge in [0.15, 0.2) is 0 Å². The molecule has 0 spiro atoms. The number of benzene rings is 1. The molecule has 0 aromatic heterocycles. The number of anilines is 1. The molecule has 16 heavy (non-hydrogen) atoms. The van der Waals surface area contributed by atoms with Crippen LogP contribution >= 0.6 is 0 Å². The second-order valence-electron chi connectivity index (χ2n) is 4.99. The predicted molar refractivity (Wildman–Crippen MR) is 69.7 cm³/mol. The minimum atomic E-state index is 0.637. The van der Waals surface area contributed by atoms with Gasteiger partial charge >= 0.3 is 0 Å². The summed E-state index contributed by atoms with van der Waals surface area (Å²) in [6.45, 7) is 7.57. The van der Waals surface area contributed by atoms with Gasteiger partial charge in [-0.1, -0.05) is 19.1 Å². The average Bonchev–Trinajstić information content (AvgIpc) is 2.30. The maximum Gasteiger partial charge on any atom is 0.0396 e. The van der Waals surface area contributed by atoms with Crippen LogP contribution in [0.4, 0.5) is 5.69 Å². The summed E-state index contributed by atoms with van der Waals surface area (Å²) in [6, 6.07) is 6.60. The molecule has 88 valence electrons. The zero-order valence-electron chi connectivity index (χ0n) is 10.4. The maximum atomic E-state index is 5.65. The SMILES string of the molecule is Cc1cc(CN)ccc1N1CCC(C)CC1. The summed E-state index contributed by atoms with van der Waals surface area (Å²) < 4.78 is 0. The molecule has 1 aliphatic heterocycles. The summed E-state index contributed by atoms with van der Waals surface area (Å²) in [5.74, 6) is 0.889. The van der Waals surface area contributed by atoms with E-state index in [1.54, 1.807) is 0 Å². The highest BCUT2D eigenvalue weighted by Gasteiger charge is 2.17. The first-order valence-corrected chi connectivity index (χ1v) is 6.25. The second kappa shape index (κ2) is 4.88. The van der Waals surface area contributed by atoms with Gasteiger partial charge in [0, 0.05) is 25.3 Å². The van der Waals surface area contributed by atoms with Crippen molar-refractivity contribution >= 4 is 5.69 Å². The fraction of sp³-hybridized carbons (Fsp3) is 0.571. The molecule has 2 heteroatoms. The molecule has 1 heterocycles. The number of hydrogen-bond acceptors (Lipinski definition) is 2. The number of hydrogen-bond donors (Lipinski definition) is 1. The number of nitrogens with zero attached hydrogens (tertiary/aromatic N) is 1. The van der Waals surface area contributed by atoms with Crippen LogP contribution in [0.2, 0.25) is 0 Å². The number of rotatable bonds is 2. The zero-order valence-corrected chi connectivity index (χ0v) is 10.4. The van der Waals surface area contributed by atoms with Crippen molar-refractivity contribution in [2.24, 2.45) is 11.7 Å². The van der Waals surface area contributed by atoms with Crippen LogP contribution in [0.15, 0.2) is 18.2 Å². The largest absolute Gasteiger partial charge is 0.371 e. The molecular formula is C14H22N2. The van der Waals surface area contributed by atoms with Crippen LogP contribution < -0.4 is 10.6 Å². The van der Waals surface area contributed by atoms with Gasteiger partial charge in [-0.15, -0.1) is 0 Å². The molecule has 0 radical (unpaired) electrons. The van der Waals surface area contributed by atoms with Gasteiger partial charge in [-0.2, -0.15) is 0 Å². The van der Waals surface area contributed by atoms with Gasteiger partial charge in [0.05, 0.1) is 0 Å². The highest BCUT2D eigenvalue weighted by molar-refractivity contribution is 5.54. The highest BCUT2D eigenvalue weighted by atomic mass is 15.1. The quantitative estimate of drug-likeness (QED) is 0.827. The molecule has 1 fully saturated rings. The van der Waals surface area contributed by atoms with E-state index in [2.05, 4.69) is 36.9 Å². The normalized spacial score (nSPS) is 17.8. The van der Waals surface area contributed by atoms with Crippen molar-refractivity contribution < 1.29 is 0 Å². The first-order valence-electron chi connectivity index (χ1n) is 6.25. The van der Waals surface area contributed by atoms with E-state index in [9.17, 15) is 0 Å². The molecule has 1 aliphatic rings. The Kier molecular flexibility index (Phi) is 3.49. The Morgan fingerprint density at radius 2 is 2.00 bits per heavy atom. The topological polar surface area (TPSA) is 29.3 Å². The Hall–Kier alpha value is -1.02. The molecule has 1 aromatic carbocycles. The molecule has 1 aromatic rings. The van der Waals surface area contributed by atoms with Crippen LogP contribution in [0.25, 0.3) is 0 Å².